The fourth-order valence-electron chi connectivity index (χ4n) is 3.31. The van der Waals surface area contributed by atoms with Crippen LogP contribution in [0.25, 0.3) is 0 Å². The number of nitrogens with one attached hydrogen (secondary N) is 1. The molecule has 1 aliphatic heterocycles. The van der Waals surface area contributed by atoms with Crippen LogP contribution in [-0.4, -0.2) is 26.8 Å². The lowest BCUT2D eigenvalue weighted by Gasteiger charge is -2.20. The van der Waals surface area contributed by atoms with Gasteiger partial charge in [-0.2, -0.15) is 0 Å². The van der Waals surface area contributed by atoms with Gasteiger partial charge in [0.15, 0.2) is 5.75 Å². The number of primary sulfonamides is 1. The van der Waals surface area contributed by atoms with Crippen LogP contribution in [0.15, 0.2) is 71.6 Å². The van der Waals surface area contributed by atoms with Gasteiger partial charge in [0.2, 0.25) is 10.0 Å². The standard InChI is InChI=1S/C22H19N3O5S/c1-2-25-18-13-14(21(26)24-15-8-10-16(11-9-15)31(23,28)29)7-12-20(18)30-19-6-4-3-5-17(19)22(25)27/h3-13H,2H2,1H3,(H,24,26)(H2,23,28,29). The summed E-state index contributed by atoms with van der Waals surface area (Å²) in [6, 6.07) is 17.3. The van der Waals surface area contributed by atoms with E-state index in [1.54, 1.807) is 47.4 Å². The van der Waals surface area contributed by atoms with Crippen LogP contribution < -0.4 is 20.1 Å². The second kappa shape index (κ2) is 7.86. The molecule has 3 N–H and O–H groups in total. The lowest BCUT2D eigenvalue weighted by Crippen LogP contribution is -2.30. The Bertz CT molecular complexity index is 1290. The van der Waals surface area contributed by atoms with Crippen molar-refractivity contribution in [1.82, 2.24) is 0 Å². The van der Waals surface area contributed by atoms with Gasteiger partial charge in [-0.1, -0.05) is 12.1 Å². The molecule has 1 heterocycles. The molecule has 31 heavy (non-hydrogen) atoms. The fourth-order valence-corrected chi connectivity index (χ4v) is 3.82. The van der Waals surface area contributed by atoms with Gasteiger partial charge in [-0.15, -0.1) is 0 Å². The fraction of sp³-hybridized carbons (Fsp3) is 0.0909. The molecule has 0 fully saturated rings. The highest BCUT2D eigenvalue weighted by Crippen LogP contribution is 2.39. The van der Waals surface area contributed by atoms with Crippen LogP contribution in [0.3, 0.4) is 0 Å². The highest BCUT2D eigenvalue weighted by Gasteiger charge is 2.27. The Labute approximate surface area is 179 Å². The summed E-state index contributed by atoms with van der Waals surface area (Å²) in [5.74, 6) is 0.287. The van der Waals surface area contributed by atoms with Crippen molar-refractivity contribution in [2.45, 2.75) is 11.8 Å². The normalized spacial score (nSPS) is 13.0. The molecule has 158 valence electrons. The molecule has 0 radical (unpaired) electrons. The first-order valence-corrected chi connectivity index (χ1v) is 11.0. The van der Waals surface area contributed by atoms with E-state index in [1.807, 2.05) is 6.92 Å². The van der Waals surface area contributed by atoms with Crippen molar-refractivity contribution in [3.05, 3.63) is 77.9 Å². The summed E-state index contributed by atoms with van der Waals surface area (Å²) in [7, 11) is -3.81. The van der Waals surface area contributed by atoms with Crippen LogP contribution in [0.1, 0.15) is 27.6 Å². The van der Waals surface area contributed by atoms with E-state index in [2.05, 4.69) is 5.32 Å². The molecule has 8 nitrogen and oxygen atoms in total. The second-order valence-corrected chi connectivity index (χ2v) is 8.42. The number of benzene rings is 3. The Kier molecular flexibility index (Phi) is 5.22. The van der Waals surface area contributed by atoms with E-state index in [1.165, 1.54) is 24.3 Å². The van der Waals surface area contributed by atoms with Crippen molar-refractivity contribution in [3.63, 3.8) is 0 Å². The number of ether oxygens (including phenoxy) is 1. The zero-order valence-electron chi connectivity index (χ0n) is 16.5. The Morgan fingerprint density at radius 3 is 2.42 bits per heavy atom. The van der Waals surface area contributed by atoms with Gasteiger partial charge < -0.3 is 15.0 Å². The van der Waals surface area contributed by atoms with Gasteiger partial charge in [0.25, 0.3) is 11.8 Å². The van der Waals surface area contributed by atoms with Crippen LogP contribution >= 0.6 is 0 Å². The largest absolute Gasteiger partial charge is 0.454 e. The third kappa shape index (κ3) is 4.00. The first-order chi connectivity index (χ1) is 14.8. The minimum atomic E-state index is -3.81. The summed E-state index contributed by atoms with van der Waals surface area (Å²) < 4.78 is 28.7. The minimum absolute atomic E-state index is 0.0515. The third-order valence-electron chi connectivity index (χ3n) is 4.85. The second-order valence-electron chi connectivity index (χ2n) is 6.85. The molecule has 0 saturated carbocycles. The van der Waals surface area contributed by atoms with E-state index in [0.717, 1.165) is 0 Å². The summed E-state index contributed by atoms with van der Waals surface area (Å²) in [6.45, 7) is 2.24. The molecule has 0 bridgehead atoms. The first kappa shape index (κ1) is 20.6. The first-order valence-electron chi connectivity index (χ1n) is 9.45. The number of sulfonamides is 1. The Hall–Kier alpha value is -3.69. The number of carbonyl (C=O) groups is 2. The van der Waals surface area contributed by atoms with Gasteiger partial charge >= 0.3 is 0 Å². The van der Waals surface area contributed by atoms with Gasteiger partial charge in [-0.3, -0.25) is 9.59 Å². The Balaban J connectivity index is 1.64. The van der Waals surface area contributed by atoms with Gasteiger partial charge in [0.05, 0.1) is 16.1 Å². The molecule has 0 saturated heterocycles. The minimum Gasteiger partial charge on any atom is -0.454 e. The van der Waals surface area contributed by atoms with Gasteiger partial charge in [0, 0.05) is 17.8 Å². The molecule has 4 rings (SSSR count). The van der Waals surface area contributed by atoms with Crippen LogP contribution in [0.2, 0.25) is 0 Å². The van der Waals surface area contributed by atoms with Crippen LogP contribution in [0, 0.1) is 0 Å². The van der Waals surface area contributed by atoms with Crippen molar-refractivity contribution in [3.8, 4) is 11.5 Å². The molecule has 3 aromatic carbocycles. The predicted octanol–water partition coefficient (Wildman–Crippen LogP) is 3.36. The van der Waals surface area contributed by atoms with Crippen molar-refractivity contribution in [2.75, 3.05) is 16.8 Å². The molecular formula is C22H19N3O5S. The van der Waals surface area contributed by atoms with Gasteiger partial charge in [0.1, 0.15) is 5.75 Å². The van der Waals surface area contributed by atoms with Crippen LogP contribution in [-0.2, 0) is 10.0 Å². The van der Waals surface area contributed by atoms with Crippen LogP contribution in [0.5, 0.6) is 11.5 Å². The van der Waals surface area contributed by atoms with Gasteiger partial charge in [-0.05, 0) is 61.5 Å². The summed E-state index contributed by atoms with van der Waals surface area (Å²) in [5.41, 5.74) is 1.65. The molecule has 0 aliphatic carbocycles. The van der Waals surface area contributed by atoms with Crippen LogP contribution in [0.4, 0.5) is 11.4 Å². The summed E-state index contributed by atoms with van der Waals surface area (Å²) >= 11 is 0. The average Bonchev–Trinajstić information content (AvgIpc) is 2.86. The lowest BCUT2D eigenvalue weighted by molar-refractivity contribution is 0.0985. The highest BCUT2D eigenvalue weighted by molar-refractivity contribution is 7.89. The van der Waals surface area contributed by atoms with E-state index in [4.69, 9.17) is 9.88 Å². The van der Waals surface area contributed by atoms with E-state index in [-0.39, 0.29) is 10.8 Å². The molecule has 0 spiro atoms. The van der Waals surface area contributed by atoms with E-state index in [9.17, 15) is 18.0 Å². The molecule has 0 unspecified atom stereocenters. The molecular weight excluding hydrogens is 418 g/mol. The molecule has 0 aromatic heterocycles. The van der Waals surface area contributed by atoms with Crippen molar-refractivity contribution in [1.29, 1.82) is 0 Å². The number of anilines is 2. The zero-order chi connectivity index (χ0) is 22.2. The number of fused-ring (bicyclic) bond motifs is 2. The van der Waals surface area contributed by atoms with E-state index >= 15 is 0 Å². The molecule has 3 aromatic rings. The number of amides is 2. The Morgan fingerprint density at radius 2 is 1.74 bits per heavy atom. The maximum absolute atomic E-state index is 13.0. The number of nitrogens with two attached hydrogens (primary N) is 1. The van der Waals surface area contributed by atoms with Crippen molar-refractivity contribution in [2.24, 2.45) is 5.14 Å². The monoisotopic (exact) mass is 437 g/mol. The number of hydrogen-bond donors (Lipinski definition) is 2. The summed E-state index contributed by atoms with van der Waals surface area (Å²) in [6.07, 6.45) is 0. The summed E-state index contributed by atoms with van der Waals surface area (Å²) in [4.78, 5) is 27.3. The third-order valence-corrected chi connectivity index (χ3v) is 5.78. The molecule has 0 atom stereocenters. The quantitative estimate of drug-likeness (QED) is 0.649. The highest BCUT2D eigenvalue weighted by atomic mass is 32.2. The number of hydrogen-bond acceptors (Lipinski definition) is 5. The van der Waals surface area contributed by atoms with E-state index < -0.39 is 15.9 Å². The summed E-state index contributed by atoms with van der Waals surface area (Å²) in [5, 5.41) is 7.79. The maximum Gasteiger partial charge on any atom is 0.262 e. The number of rotatable bonds is 4. The Morgan fingerprint density at radius 1 is 1.03 bits per heavy atom. The molecule has 1 aliphatic rings. The van der Waals surface area contributed by atoms with Crippen molar-refractivity contribution < 1.29 is 22.7 Å². The molecule has 9 heteroatoms. The number of para-hydroxylation sites is 1. The maximum atomic E-state index is 13.0. The topological polar surface area (TPSA) is 119 Å². The number of carbonyl (C=O) groups excluding carboxylic acids is 2. The predicted molar refractivity (Wildman–Crippen MR) is 116 cm³/mol. The SMILES string of the molecule is CCN1C(=O)c2ccccc2Oc2ccc(C(=O)Nc3ccc(S(N)(=O)=O)cc3)cc21. The van der Waals surface area contributed by atoms with E-state index in [0.29, 0.717) is 40.5 Å². The smallest absolute Gasteiger partial charge is 0.262 e. The van der Waals surface area contributed by atoms with Crippen molar-refractivity contribution >= 4 is 33.2 Å². The average molecular weight is 437 g/mol. The van der Waals surface area contributed by atoms with Gasteiger partial charge in [-0.25, -0.2) is 13.6 Å². The number of nitrogens with zero attached hydrogens (tertiary/aromatic N) is 1. The lowest BCUT2D eigenvalue weighted by atomic mass is 10.1. The molecule has 2 amide bonds. The zero-order valence-corrected chi connectivity index (χ0v) is 17.3.